The minimum Gasteiger partial charge on any atom is -0.476 e. The van der Waals surface area contributed by atoms with Crippen LogP contribution in [0.4, 0.5) is 5.13 Å². The van der Waals surface area contributed by atoms with Crippen LogP contribution in [-0.2, 0) is 0 Å². The molecular formula is C14H19N5OS. The maximum absolute atomic E-state index is 5.73. The molecule has 3 heterocycles. The van der Waals surface area contributed by atoms with Crippen molar-refractivity contribution in [2.75, 3.05) is 24.6 Å². The van der Waals surface area contributed by atoms with Gasteiger partial charge in [-0.15, -0.1) is 15.3 Å². The van der Waals surface area contributed by atoms with Gasteiger partial charge in [0.15, 0.2) is 0 Å². The smallest absolute Gasteiger partial charge is 0.233 e. The van der Waals surface area contributed by atoms with Gasteiger partial charge in [-0.2, -0.15) is 5.10 Å². The number of aromatic nitrogens is 4. The molecule has 1 fully saturated rings. The molecule has 1 aliphatic rings. The number of hydrogen-bond acceptors (Lipinski definition) is 7. The normalized spacial score (nSPS) is 16.2. The zero-order valence-electron chi connectivity index (χ0n) is 12.3. The second-order valence-electron chi connectivity index (χ2n) is 5.36. The largest absolute Gasteiger partial charge is 0.476 e. The minimum absolute atomic E-state index is 0.568. The van der Waals surface area contributed by atoms with Gasteiger partial charge in [-0.1, -0.05) is 11.3 Å². The molecule has 2 aromatic rings. The molecule has 0 spiro atoms. The number of ether oxygens (including phenoxy) is 1. The van der Waals surface area contributed by atoms with Crippen LogP contribution in [0.2, 0.25) is 0 Å². The zero-order valence-corrected chi connectivity index (χ0v) is 13.1. The van der Waals surface area contributed by atoms with E-state index in [0.717, 1.165) is 41.8 Å². The number of nitrogens with zero attached hydrogens (tertiary/aromatic N) is 5. The van der Waals surface area contributed by atoms with Crippen LogP contribution in [0.25, 0.3) is 0 Å². The molecular weight excluding hydrogens is 286 g/mol. The fourth-order valence-corrected chi connectivity index (χ4v) is 3.11. The first-order valence-corrected chi connectivity index (χ1v) is 8.00. The third-order valence-electron chi connectivity index (χ3n) is 3.64. The standard InChI is InChI=1S/C14H19N5OS/c1-10-3-4-13(17-15-10)20-9-12-5-7-19(8-6-12)14-18-16-11(2)21-14/h3-4,12H,5-9H2,1-2H3. The van der Waals surface area contributed by atoms with Crippen LogP contribution in [-0.4, -0.2) is 40.1 Å². The van der Waals surface area contributed by atoms with Gasteiger partial charge in [-0.25, -0.2) is 0 Å². The average molecular weight is 305 g/mol. The maximum Gasteiger partial charge on any atom is 0.233 e. The number of rotatable bonds is 4. The van der Waals surface area contributed by atoms with Crippen molar-refractivity contribution >= 4 is 16.5 Å². The first-order chi connectivity index (χ1) is 10.2. The molecule has 0 bridgehead atoms. The van der Waals surface area contributed by atoms with Crippen molar-refractivity contribution in [2.45, 2.75) is 26.7 Å². The van der Waals surface area contributed by atoms with Crippen LogP contribution in [0, 0.1) is 19.8 Å². The number of hydrogen-bond donors (Lipinski definition) is 0. The van der Waals surface area contributed by atoms with Crippen LogP contribution in [0.15, 0.2) is 12.1 Å². The molecule has 21 heavy (non-hydrogen) atoms. The summed E-state index contributed by atoms with van der Waals surface area (Å²) in [6.07, 6.45) is 2.22. The van der Waals surface area contributed by atoms with E-state index in [-0.39, 0.29) is 0 Å². The highest BCUT2D eigenvalue weighted by molar-refractivity contribution is 7.15. The van der Waals surface area contributed by atoms with Gasteiger partial charge in [0, 0.05) is 19.2 Å². The predicted octanol–water partition coefficient (Wildman–Crippen LogP) is 2.24. The summed E-state index contributed by atoms with van der Waals surface area (Å²) in [5, 5.41) is 18.4. The molecule has 0 unspecified atom stereocenters. The van der Waals surface area contributed by atoms with Crippen molar-refractivity contribution in [3.63, 3.8) is 0 Å². The van der Waals surface area contributed by atoms with E-state index in [9.17, 15) is 0 Å². The lowest BCUT2D eigenvalue weighted by Crippen LogP contribution is -2.35. The Bertz CT molecular complexity index is 577. The Morgan fingerprint density at radius 3 is 2.57 bits per heavy atom. The Balaban J connectivity index is 1.46. The summed E-state index contributed by atoms with van der Waals surface area (Å²) in [5.74, 6) is 1.18. The highest BCUT2D eigenvalue weighted by Gasteiger charge is 2.22. The van der Waals surface area contributed by atoms with E-state index in [2.05, 4.69) is 25.3 Å². The van der Waals surface area contributed by atoms with E-state index in [1.54, 1.807) is 11.3 Å². The second-order valence-corrected chi connectivity index (χ2v) is 6.52. The maximum atomic E-state index is 5.73. The number of piperidine rings is 1. The number of aryl methyl sites for hydroxylation is 2. The van der Waals surface area contributed by atoms with Crippen molar-refractivity contribution in [3.8, 4) is 5.88 Å². The van der Waals surface area contributed by atoms with Gasteiger partial charge in [0.25, 0.3) is 0 Å². The topological polar surface area (TPSA) is 64.0 Å². The molecule has 0 saturated carbocycles. The molecule has 112 valence electrons. The van der Waals surface area contributed by atoms with E-state index in [4.69, 9.17) is 4.74 Å². The molecule has 1 aliphatic heterocycles. The summed E-state index contributed by atoms with van der Waals surface area (Å²) < 4.78 is 5.73. The molecule has 1 saturated heterocycles. The Labute approximate surface area is 128 Å². The molecule has 0 radical (unpaired) electrons. The van der Waals surface area contributed by atoms with Crippen LogP contribution >= 0.6 is 11.3 Å². The summed E-state index contributed by atoms with van der Waals surface area (Å²) in [6, 6.07) is 3.80. The molecule has 7 heteroatoms. The SMILES string of the molecule is Cc1ccc(OCC2CCN(c3nnc(C)s3)CC2)nn1. The van der Waals surface area contributed by atoms with Gasteiger partial charge in [-0.05, 0) is 38.7 Å². The molecule has 6 nitrogen and oxygen atoms in total. The molecule has 2 aromatic heterocycles. The highest BCUT2D eigenvalue weighted by Crippen LogP contribution is 2.26. The van der Waals surface area contributed by atoms with Gasteiger partial charge < -0.3 is 9.64 Å². The molecule has 3 rings (SSSR count). The summed E-state index contributed by atoms with van der Waals surface area (Å²) >= 11 is 1.66. The summed E-state index contributed by atoms with van der Waals surface area (Å²) in [6.45, 7) is 6.65. The van der Waals surface area contributed by atoms with Crippen molar-refractivity contribution in [2.24, 2.45) is 5.92 Å². The van der Waals surface area contributed by atoms with Crippen LogP contribution in [0.5, 0.6) is 5.88 Å². The fourth-order valence-electron chi connectivity index (χ4n) is 2.37. The van der Waals surface area contributed by atoms with Crippen LogP contribution in [0.1, 0.15) is 23.5 Å². The molecule has 0 aromatic carbocycles. The van der Waals surface area contributed by atoms with Crippen LogP contribution in [0.3, 0.4) is 0 Å². The van der Waals surface area contributed by atoms with Gasteiger partial charge in [0.1, 0.15) is 5.01 Å². The molecule has 0 amide bonds. The van der Waals surface area contributed by atoms with E-state index in [0.29, 0.717) is 18.4 Å². The van der Waals surface area contributed by atoms with Crippen molar-refractivity contribution in [1.82, 2.24) is 20.4 Å². The lowest BCUT2D eigenvalue weighted by atomic mass is 9.98. The van der Waals surface area contributed by atoms with Gasteiger partial charge in [0.2, 0.25) is 11.0 Å². The van der Waals surface area contributed by atoms with E-state index in [1.807, 2.05) is 26.0 Å². The monoisotopic (exact) mass is 305 g/mol. The van der Waals surface area contributed by atoms with E-state index >= 15 is 0 Å². The van der Waals surface area contributed by atoms with Gasteiger partial charge >= 0.3 is 0 Å². The third-order valence-corrected chi connectivity index (χ3v) is 4.54. The third kappa shape index (κ3) is 3.66. The lowest BCUT2D eigenvalue weighted by Gasteiger charge is -2.31. The Morgan fingerprint density at radius 1 is 1.14 bits per heavy atom. The molecule has 0 atom stereocenters. The van der Waals surface area contributed by atoms with Gasteiger partial charge in [-0.3, -0.25) is 0 Å². The zero-order chi connectivity index (χ0) is 14.7. The minimum atomic E-state index is 0.568. The highest BCUT2D eigenvalue weighted by atomic mass is 32.1. The Morgan fingerprint density at radius 2 is 1.95 bits per heavy atom. The van der Waals surface area contributed by atoms with Crippen molar-refractivity contribution < 1.29 is 4.74 Å². The fraction of sp³-hybridized carbons (Fsp3) is 0.571. The van der Waals surface area contributed by atoms with E-state index in [1.165, 1.54) is 0 Å². The predicted molar refractivity (Wildman–Crippen MR) is 81.8 cm³/mol. The first-order valence-electron chi connectivity index (χ1n) is 7.19. The molecule has 0 N–H and O–H groups in total. The van der Waals surface area contributed by atoms with Crippen molar-refractivity contribution in [3.05, 3.63) is 22.8 Å². The summed E-state index contributed by atoms with van der Waals surface area (Å²) in [5.41, 5.74) is 0.906. The summed E-state index contributed by atoms with van der Waals surface area (Å²) in [7, 11) is 0. The quantitative estimate of drug-likeness (QED) is 0.863. The Kier molecular flexibility index (Phi) is 4.28. The first kappa shape index (κ1) is 14.2. The molecule has 0 aliphatic carbocycles. The second kappa shape index (κ2) is 6.34. The van der Waals surface area contributed by atoms with Gasteiger partial charge in [0.05, 0.1) is 12.3 Å². The number of anilines is 1. The van der Waals surface area contributed by atoms with Crippen molar-refractivity contribution in [1.29, 1.82) is 0 Å². The van der Waals surface area contributed by atoms with E-state index < -0.39 is 0 Å². The lowest BCUT2D eigenvalue weighted by molar-refractivity contribution is 0.214. The Hall–Kier alpha value is -1.76. The average Bonchev–Trinajstić information content (AvgIpc) is 2.94. The summed E-state index contributed by atoms with van der Waals surface area (Å²) in [4.78, 5) is 2.31. The van der Waals surface area contributed by atoms with Crippen LogP contribution < -0.4 is 9.64 Å².